The third-order valence-corrected chi connectivity index (χ3v) is 2.12. The minimum Gasteiger partial charge on any atom is -0.446 e. The van der Waals surface area contributed by atoms with Crippen LogP contribution in [0.2, 0.25) is 0 Å². The van der Waals surface area contributed by atoms with Crippen molar-refractivity contribution in [2.45, 2.75) is 6.18 Å². The molecule has 0 saturated carbocycles. The van der Waals surface area contributed by atoms with Crippen LogP contribution < -0.4 is 5.73 Å². The van der Waals surface area contributed by atoms with Gasteiger partial charge in [0.05, 0.1) is 5.56 Å². The van der Waals surface area contributed by atoms with Crippen molar-refractivity contribution < 1.29 is 22.4 Å². The fraction of sp³-hybridized carbons (Fsp3) is 0.100. The average molecular weight is 244 g/mol. The molecule has 4 nitrogen and oxygen atoms in total. The number of alkyl halides is 3. The Balaban J connectivity index is 2.58. The summed E-state index contributed by atoms with van der Waals surface area (Å²) in [5.74, 6) is -2.82. The van der Waals surface area contributed by atoms with Crippen LogP contribution >= 0.6 is 0 Å². The third kappa shape index (κ3) is 2.03. The number of carbonyl (C=O) groups excluding carboxylic acids is 1. The van der Waals surface area contributed by atoms with E-state index in [1.54, 1.807) is 6.07 Å². The van der Waals surface area contributed by atoms with Gasteiger partial charge in [0.2, 0.25) is 11.5 Å². The van der Waals surface area contributed by atoms with Crippen LogP contribution in [0.3, 0.4) is 0 Å². The molecule has 2 aromatic rings. The lowest BCUT2D eigenvalue weighted by Crippen LogP contribution is -2.11. The van der Waals surface area contributed by atoms with Gasteiger partial charge in [0.25, 0.3) is 5.91 Å². The van der Waals surface area contributed by atoms with Gasteiger partial charge in [0.15, 0.2) is 0 Å². The first-order valence-corrected chi connectivity index (χ1v) is 4.54. The molecule has 2 rings (SSSR count). The number of halogens is 3. The summed E-state index contributed by atoms with van der Waals surface area (Å²) < 4.78 is 41.7. The van der Waals surface area contributed by atoms with E-state index in [9.17, 15) is 18.0 Å². The van der Waals surface area contributed by atoms with Crippen molar-refractivity contribution in [1.29, 1.82) is 0 Å². The van der Waals surface area contributed by atoms with E-state index < -0.39 is 23.6 Å². The van der Waals surface area contributed by atoms with Gasteiger partial charge < -0.3 is 15.1 Å². The van der Waals surface area contributed by atoms with E-state index in [0.29, 0.717) is 5.69 Å². The molecule has 0 unspecified atom stereocenters. The first-order chi connectivity index (χ1) is 7.89. The van der Waals surface area contributed by atoms with Crippen molar-refractivity contribution in [3.8, 4) is 11.3 Å². The van der Waals surface area contributed by atoms with Crippen molar-refractivity contribution >= 4 is 5.91 Å². The van der Waals surface area contributed by atoms with Gasteiger partial charge in [0.1, 0.15) is 0 Å². The number of aromatic nitrogens is 1. The van der Waals surface area contributed by atoms with Crippen LogP contribution in [0.4, 0.5) is 13.2 Å². The van der Waals surface area contributed by atoms with Crippen molar-refractivity contribution in [2.75, 3.05) is 0 Å². The van der Waals surface area contributed by atoms with Crippen LogP contribution in [-0.2, 0) is 6.18 Å². The van der Waals surface area contributed by atoms with Crippen molar-refractivity contribution in [3.63, 3.8) is 0 Å². The number of amides is 1. The Hall–Kier alpha value is -2.18. The number of rotatable bonds is 2. The zero-order valence-electron chi connectivity index (χ0n) is 8.34. The maximum Gasteiger partial charge on any atom is 0.449 e. The molecular weight excluding hydrogens is 237 g/mol. The second kappa shape index (κ2) is 3.69. The summed E-state index contributed by atoms with van der Waals surface area (Å²) in [4.78, 5) is 13.7. The van der Waals surface area contributed by atoms with Crippen LogP contribution in [0, 0.1) is 0 Å². The fourth-order valence-electron chi connectivity index (χ4n) is 1.41. The van der Waals surface area contributed by atoms with Crippen LogP contribution in [0.1, 0.15) is 16.3 Å². The molecule has 90 valence electrons. The van der Waals surface area contributed by atoms with E-state index >= 15 is 0 Å². The number of primary amides is 1. The fourth-order valence-corrected chi connectivity index (χ4v) is 1.41. The molecular formula is C10H7F3N2O2. The molecule has 0 aliphatic carbocycles. The topological polar surface area (TPSA) is 72.0 Å². The molecule has 0 aromatic carbocycles. The third-order valence-electron chi connectivity index (χ3n) is 2.12. The number of hydrogen-bond acceptors (Lipinski definition) is 2. The highest BCUT2D eigenvalue weighted by molar-refractivity contribution is 5.96. The van der Waals surface area contributed by atoms with E-state index in [2.05, 4.69) is 9.40 Å². The Morgan fingerprint density at radius 2 is 2.12 bits per heavy atom. The van der Waals surface area contributed by atoms with Gasteiger partial charge in [-0.25, -0.2) is 0 Å². The summed E-state index contributed by atoms with van der Waals surface area (Å²) in [6.07, 6.45) is -3.14. The Bertz CT molecular complexity index is 540. The molecule has 0 radical (unpaired) electrons. The smallest absolute Gasteiger partial charge is 0.446 e. The van der Waals surface area contributed by atoms with E-state index in [0.717, 1.165) is 6.07 Å². The Morgan fingerprint density at radius 3 is 2.59 bits per heavy atom. The van der Waals surface area contributed by atoms with E-state index in [-0.39, 0.29) is 5.56 Å². The molecule has 0 atom stereocenters. The summed E-state index contributed by atoms with van der Waals surface area (Å²) in [5, 5.41) is 0. The van der Waals surface area contributed by atoms with Gasteiger partial charge in [-0.15, -0.1) is 0 Å². The number of furan rings is 1. The molecule has 0 bridgehead atoms. The SMILES string of the molecule is NC(=O)c1oc(C(F)(F)F)cc1-c1ccc[nH]1. The minimum atomic E-state index is -4.66. The minimum absolute atomic E-state index is 0.00479. The van der Waals surface area contributed by atoms with E-state index in [1.807, 2.05) is 0 Å². The standard InChI is InChI=1S/C10H7F3N2O2/c11-10(12,13)7-4-5(6-2-1-3-15-6)8(17-7)9(14)16/h1-4,15H,(H2,14,16). The van der Waals surface area contributed by atoms with Gasteiger partial charge in [0, 0.05) is 11.9 Å². The second-order valence-electron chi connectivity index (χ2n) is 3.30. The lowest BCUT2D eigenvalue weighted by Gasteiger charge is -1.99. The van der Waals surface area contributed by atoms with Crippen molar-refractivity contribution in [2.24, 2.45) is 5.73 Å². The number of hydrogen-bond donors (Lipinski definition) is 2. The summed E-state index contributed by atoms with van der Waals surface area (Å²) in [5.41, 5.74) is 5.29. The summed E-state index contributed by atoms with van der Waals surface area (Å²) in [6, 6.07) is 3.84. The number of nitrogens with two attached hydrogens (primary N) is 1. The van der Waals surface area contributed by atoms with Crippen LogP contribution in [0.25, 0.3) is 11.3 Å². The Labute approximate surface area is 93.2 Å². The lowest BCUT2D eigenvalue weighted by atomic mass is 10.1. The molecule has 3 N–H and O–H groups in total. The van der Waals surface area contributed by atoms with Crippen molar-refractivity contribution in [1.82, 2.24) is 4.98 Å². The Morgan fingerprint density at radius 1 is 1.41 bits per heavy atom. The second-order valence-corrected chi connectivity index (χ2v) is 3.30. The maximum atomic E-state index is 12.4. The predicted octanol–water partition coefficient (Wildman–Crippen LogP) is 2.39. The normalized spacial score (nSPS) is 11.7. The first kappa shape index (κ1) is 11.3. The van der Waals surface area contributed by atoms with Crippen LogP contribution in [0.15, 0.2) is 28.8 Å². The number of aromatic amines is 1. The first-order valence-electron chi connectivity index (χ1n) is 4.54. The zero-order valence-corrected chi connectivity index (χ0v) is 8.34. The molecule has 7 heteroatoms. The van der Waals surface area contributed by atoms with Gasteiger partial charge in [-0.05, 0) is 18.2 Å². The largest absolute Gasteiger partial charge is 0.449 e. The van der Waals surface area contributed by atoms with E-state index in [1.165, 1.54) is 12.3 Å². The number of H-pyrrole nitrogens is 1. The Kier molecular flexibility index (Phi) is 2.45. The molecule has 0 spiro atoms. The predicted molar refractivity (Wildman–Crippen MR) is 52.0 cm³/mol. The molecule has 0 aliphatic rings. The number of nitrogens with one attached hydrogen (secondary N) is 1. The summed E-state index contributed by atoms with van der Waals surface area (Å²) in [6.45, 7) is 0. The quantitative estimate of drug-likeness (QED) is 0.851. The van der Waals surface area contributed by atoms with Gasteiger partial charge in [-0.3, -0.25) is 4.79 Å². The highest BCUT2D eigenvalue weighted by Gasteiger charge is 2.37. The van der Waals surface area contributed by atoms with Gasteiger partial charge >= 0.3 is 6.18 Å². The zero-order chi connectivity index (χ0) is 12.6. The highest BCUT2D eigenvalue weighted by Crippen LogP contribution is 2.35. The average Bonchev–Trinajstić information content (AvgIpc) is 2.85. The molecule has 0 fully saturated rings. The molecule has 0 aliphatic heterocycles. The lowest BCUT2D eigenvalue weighted by molar-refractivity contribution is -0.153. The highest BCUT2D eigenvalue weighted by atomic mass is 19.4. The molecule has 1 amide bonds. The van der Waals surface area contributed by atoms with Crippen LogP contribution in [-0.4, -0.2) is 10.9 Å². The molecule has 2 heterocycles. The van der Waals surface area contributed by atoms with Gasteiger partial charge in [-0.2, -0.15) is 13.2 Å². The van der Waals surface area contributed by atoms with E-state index in [4.69, 9.17) is 5.73 Å². The molecule has 17 heavy (non-hydrogen) atoms. The van der Waals surface area contributed by atoms with Crippen LogP contribution in [0.5, 0.6) is 0 Å². The molecule has 2 aromatic heterocycles. The molecule has 0 saturated heterocycles. The van der Waals surface area contributed by atoms with Crippen molar-refractivity contribution in [3.05, 3.63) is 35.9 Å². The maximum absolute atomic E-state index is 12.4. The summed E-state index contributed by atoms with van der Waals surface area (Å²) in [7, 11) is 0. The number of carbonyl (C=O) groups is 1. The summed E-state index contributed by atoms with van der Waals surface area (Å²) >= 11 is 0. The van der Waals surface area contributed by atoms with Gasteiger partial charge in [-0.1, -0.05) is 0 Å². The monoisotopic (exact) mass is 244 g/mol.